The molecule has 1 heterocycles. The quantitative estimate of drug-likeness (QED) is 0.617. The summed E-state index contributed by atoms with van der Waals surface area (Å²) in [5.41, 5.74) is 0.769. The number of carbonyl (C=O) groups excluding carboxylic acids is 1. The molecule has 0 saturated carbocycles. The zero-order valence-electron chi connectivity index (χ0n) is 12.3. The highest BCUT2D eigenvalue weighted by atomic mass is 35.5. The van der Waals surface area contributed by atoms with Crippen LogP contribution in [-0.4, -0.2) is 26.4 Å². The van der Waals surface area contributed by atoms with E-state index in [1.165, 1.54) is 20.2 Å². The second-order valence-corrected chi connectivity index (χ2v) is 5.03. The molecule has 0 aliphatic rings. The van der Waals surface area contributed by atoms with Crippen molar-refractivity contribution >= 4 is 23.7 Å². The van der Waals surface area contributed by atoms with E-state index in [0.717, 1.165) is 15.3 Å². The maximum atomic E-state index is 11.9. The number of hydrogen-bond acceptors (Lipinski definition) is 5. The number of aromatic nitrogens is 2. The molecule has 23 heavy (non-hydrogen) atoms. The van der Waals surface area contributed by atoms with Gasteiger partial charge in [0.2, 0.25) is 5.88 Å². The van der Waals surface area contributed by atoms with Gasteiger partial charge in [-0.15, -0.1) is 0 Å². The average molecular weight is 337 g/mol. The Morgan fingerprint density at radius 2 is 1.91 bits per heavy atom. The molecule has 0 fully saturated rings. The van der Waals surface area contributed by atoms with Gasteiger partial charge in [0, 0.05) is 14.1 Å². The molecule has 0 bridgehead atoms. The number of hydrogen-bond donors (Lipinski definition) is 2. The number of rotatable bonds is 3. The van der Waals surface area contributed by atoms with Crippen LogP contribution in [0.25, 0.3) is 0 Å². The summed E-state index contributed by atoms with van der Waals surface area (Å²) in [5.74, 6) is -1.12. The standard InChI is InChI=1S/C14H13ClN4O4/c1-18-12(21)9(13(22)19(2)14(18)23)7-16-17-11(20)8-5-3-4-6-10(8)15/h3-7,21H,1-2H3,(H,17,20). The third-order valence-corrected chi connectivity index (χ3v) is 3.48. The van der Waals surface area contributed by atoms with Gasteiger partial charge in [0.25, 0.3) is 11.5 Å². The van der Waals surface area contributed by atoms with Gasteiger partial charge in [0.05, 0.1) is 16.8 Å². The van der Waals surface area contributed by atoms with E-state index in [2.05, 4.69) is 10.5 Å². The van der Waals surface area contributed by atoms with E-state index in [9.17, 15) is 19.5 Å². The Morgan fingerprint density at radius 3 is 2.57 bits per heavy atom. The second-order valence-electron chi connectivity index (χ2n) is 4.62. The molecule has 8 nitrogen and oxygen atoms in total. The van der Waals surface area contributed by atoms with Crippen LogP contribution in [0.15, 0.2) is 39.0 Å². The smallest absolute Gasteiger partial charge is 0.333 e. The summed E-state index contributed by atoms with van der Waals surface area (Å²) in [4.78, 5) is 35.4. The topological polar surface area (TPSA) is 106 Å². The molecule has 0 spiro atoms. The van der Waals surface area contributed by atoms with E-state index in [-0.39, 0.29) is 16.1 Å². The van der Waals surface area contributed by atoms with Gasteiger partial charge in [-0.1, -0.05) is 23.7 Å². The predicted octanol–water partition coefficient (Wildman–Crippen LogP) is 0.207. The van der Waals surface area contributed by atoms with Crippen LogP contribution in [-0.2, 0) is 14.1 Å². The lowest BCUT2D eigenvalue weighted by atomic mass is 10.2. The normalized spacial score (nSPS) is 10.9. The van der Waals surface area contributed by atoms with Gasteiger partial charge in [0.15, 0.2) is 0 Å². The van der Waals surface area contributed by atoms with E-state index in [0.29, 0.717) is 0 Å². The molecule has 0 unspecified atom stereocenters. The largest absolute Gasteiger partial charge is 0.494 e. The lowest BCUT2D eigenvalue weighted by Crippen LogP contribution is -2.38. The molecular formula is C14H13ClN4O4. The molecule has 2 rings (SSSR count). The Morgan fingerprint density at radius 1 is 1.26 bits per heavy atom. The first-order valence-corrected chi connectivity index (χ1v) is 6.79. The number of halogens is 1. The molecule has 0 aliphatic heterocycles. The summed E-state index contributed by atoms with van der Waals surface area (Å²) in [5, 5.41) is 13.7. The minimum Gasteiger partial charge on any atom is -0.494 e. The number of nitrogens with zero attached hydrogens (tertiary/aromatic N) is 3. The van der Waals surface area contributed by atoms with Crippen LogP contribution in [0.4, 0.5) is 0 Å². The maximum absolute atomic E-state index is 11.9. The Kier molecular flexibility index (Phi) is 4.65. The third kappa shape index (κ3) is 3.16. The van der Waals surface area contributed by atoms with E-state index >= 15 is 0 Å². The van der Waals surface area contributed by atoms with E-state index in [4.69, 9.17) is 11.6 Å². The van der Waals surface area contributed by atoms with Crippen molar-refractivity contribution in [2.75, 3.05) is 0 Å². The van der Waals surface area contributed by atoms with Crippen LogP contribution in [0.5, 0.6) is 5.88 Å². The zero-order chi connectivity index (χ0) is 17.1. The van der Waals surface area contributed by atoms with Gasteiger partial charge < -0.3 is 5.11 Å². The van der Waals surface area contributed by atoms with Crippen molar-refractivity contribution in [3.05, 3.63) is 61.3 Å². The first-order valence-electron chi connectivity index (χ1n) is 6.41. The highest BCUT2D eigenvalue weighted by Crippen LogP contribution is 2.14. The minimum absolute atomic E-state index is 0.212. The Hall–Kier alpha value is -2.87. The summed E-state index contributed by atoms with van der Waals surface area (Å²) in [6, 6.07) is 6.37. The van der Waals surface area contributed by atoms with Crippen molar-refractivity contribution in [3.63, 3.8) is 0 Å². The third-order valence-electron chi connectivity index (χ3n) is 3.15. The van der Waals surface area contributed by atoms with Gasteiger partial charge in [-0.2, -0.15) is 5.10 Å². The first kappa shape index (κ1) is 16.5. The molecule has 1 aromatic carbocycles. The van der Waals surface area contributed by atoms with Gasteiger partial charge >= 0.3 is 5.69 Å². The molecule has 0 saturated heterocycles. The number of benzene rings is 1. The van der Waals surface area contributed by atoms with Crippen LogP contribution in [0, 0.1) is 0 Å². The molecule has 1 amide bonds. The Labute approximate surface area is 135 Å². The van der Waals surface area contributed by atoms with Gasteiger partial charge in [-0.25, -0.2) is 10.2 Å². The maximum Gasteiger partial charge on any atom is 0.333 e. The van der Waals surface area contributed by atoms with Crippen molar-refractivity contribution < 1.29 is 9.90 Å². The molecule has 2 aromatic rings. The SMILES string of the molecule is Cn1c(O)c(C=NNC(=O)c2ccccc2Cl)c(=O)n(C)c1=O. The van der Waals surface area contributed by atoms with Crippen molar-refractivity contribution in [3.8, 4) is 5.88 Å². The van der Waals surface area contributed by atoms with Crippen molar-refractivity contribution in [2.24, 2.45) is 19.2 Å². The van der Waals surface area contributed by atoms with Crippen LogP contribution in [0.1, 0.15) is 15.9 Å². The lowest BCUT2D eigenvalue weighted by Gasteiger charge is -2.07. The number of carbonyl (C=O) groups is 1. The number of aromatic hydroxyl groups is 1. The summed E-state index contributed by atoms with van der Waals surface area (Å²) in [6.07, 6.45) is 0.964. The summed E-state index contributed by atoms with van der Waals surface area (Å²) >= 11 is 5.88. The highest BCUT2D eigenvalue weighted by Gasteiger charge is 2.13. The molecule has 0 radical (unpaired) electrons. The van der Waals surface area contributed by atoms with Gasteiger partial charge in [0.1, 0.15) is 5.56 Å². The number of amides is 1. The van der Waals surface area contributed by atoms with Crippen molar-refractivity contribution in [2.45, 2.75) is 0 Å². The molecule has 9 heteroatoms. The first-order chi connectivity index (χ1) is 10.8. The van der Waals surface area contributed by atoms with Crippen molar-refractivity contribution in [1.29, 1.82) is 0 Å². The monoisotopic (exact) mass is 336 g/mol. The lowest BCUT2D eigenvalue weighted by molar-refractivity contribution is 0.0955. The van der Waals surface area contributed by atoms with Crippen LogP contribution >= 0.6 is 11.6 Å². The molecule has 0 atom stereocenters. The number of nitrogens with one attached hydrogen (secondary N) is 1. The summed E-state index contributed by atoms with van der Waals surface area (Å²) < 4.78 is 1.70. The predicted molar refractivity (Wildman–Crippen MR) is 85.1 cm³/mol. The molecule has 1 aromatic heterocycles. The molecule has 2 N–H and O–H groups in total. The summed E-state index contributed by atoms with van der Waals surface area (Å²) in [6.45, 7) is 0. The molecule has 0 aliphatic carbocycles. The summed E-state index contributed by atoms with van der Waals surface area (Å²) in [7, 11) is 2.57. The second kappa shape index (κ2) is 6.49. The van der Waals surface area contributed by atoms with Crippen LogP contribution in [0.3, 0.4) is 0 Å². The van der Waals surface area contributed by atoms with E-state index in [1.54, 1.807) is 18.2 Å². The fraction of sp³-hybridized carbons (Fsp3) is 0.143. The minimum atomic E-state index is -0.735. The Balaban J connectivity index is 2.29. The fourth-order valence-electron chi connectivity index (χ4n) is 1.83. The van der Waals surface area contributed by atoms with Gasteiger partial charge in [-0.3, -0.25) is 18.7 Å². The zero-order valence-corrected chi connectivity index (χ0v) is 13.0. The van der Waals surface area contributed by atoms with Crippen LogP contribution in [0.2, 0.25) is 5.02 Å². The molecular weight excluding hydrogens is 324 g/mol. The highest BCUT2D eigenvalue weighted by molar-refractivity contribution is 6.33. The van der Waals surface area contributed by atoms with Gasteiger partial charge in [-0.05, 0) is 12.1 Å². The van der Waals surface area contributed by atoms with Crippen molar-refractivity contribution in [1.82, 2.24) is 14.6 Å². The number of hydrazone groups is 1. The molecule has 120 valence electrons. The average Bonchev–Trinajstić information content (AvgIpc) is 2.54. The van der Waals surface area contributed by atoms with E-state index in [1.807, 2.05) is 0 Å². The van der Waals surface area contributed by atoms with E-state index < -0.39 is 23.0 Å². The van der Waals surface area contributed by atoms with Crippen LogP contribution < -0.4 is 16.7 Å². The Bertz CT molecular complexity index is 914. The fourth-order valence-corrected chi connectivity index (χ4v) is 2.06.